The van der Waals surface area contributed by atoms with E-state index in [0.717, 1.165) is 87.8 Å². The fraction of sp³-hybridized carbons (Fsp3) is 0.808. The normalized spacial score (nSPS) is 25.5. The third-order valence-corrected chi connectivity index (χ3v) is 10.1. The van der Waals surface area contributed by atoms with Crippen molar-refractivity contribution in [1.82, 2.24) is 24.1 Å². The molecule has 1 aliphatic carbocycles. The average Bonchev–Trinajstić information content (AvgIpc) is 3.27. The lowest BCUT2D eigenvalue weighted by atomic mass is 9.96. The Hall–Kier alpha value is -1.58. The van der Waals surface area contributed by atoms with E-state index in [1.165, 1.54) is 29.8 Å². The Morgan fingerprint density at radius 1 is 1.06 bits per heavy atom. The van der Waals surface area contributed by atoms with Crippen LogP contribution in [-0.4, -0.2) is 90.0 Å². The largest absolute Gasteiger partial charge is 0.337 e. The van der Waals surface area contributed by atoms with Crippen molar-refractivity contribution >= 4 is 15.9 Å². The van der Waals surface area contributed by atoms with Gasteiger partial charge in [-0.3, -0.25) is 4.79 Å². The summed E-state index contributed by atoms with van der Waals surface area (Å²) in [6.07, 6.45) is 12.5. The molecule has 2 saturated heterocycles. The molecule has 2 atom stereocenters. The van der Waals surface area contributed by atoms with Crippen molar-refractivity contribution in [3.63, 3.8) is 0 Å². The highest BCUT2D eigenvalue weighted by atomic mass is 32.2. The van der Waals surface area contributed by atoms with E-state index >= 15 is 0 Å². The first kappa shape index (κ1) is 26.5. The number of sulfonamides is 1. The van der Waals surface area contributed by atoms with Crippen LogP contribution in [0.15, 0.2) is 6.33 Å². The first-order valence-electron chi connectivity index (χ1n) is 13.4. The number of likely N-dealkylation sites (tertiary alicyclic amines) is 2. The number of piperidine rings is 2. The summed E-state index contributed by atoms with van der Waals surface area (Å²) >= 11 is 0. The van der Waals surface area contributed by atoms with Gasteiger partial charge in [-0.05, 0) is 76.8 Å². The Morgan fingerprint density at radius 3 is 2.34 bits per heavy atom. The number of carbonyl (C=O) groups excluding carboxylic acids is 1. The van der Waals surface area contributed by atoms with E-state index in [1.54, 1.807) is 13.4 Å². The van der Waals surface area contributed by atoms with Gasteiger partial charge in [0.05, 0.1) is 6.26 Å². The number of hydrogen-bond acceptors (Lipinski definition) is 6. The maximum Gasteiger partial charge on any atom is 0.272 e. The maximum absolute atomic E-state index is 13.3. The molecule has 0 radical (unpaired) electrons. The summed E-state index contributed by atoms with van der Waals surface area (Å²) in [4.78, 5) is 26.7. The predicted octanol–water partition coefficient (Wildman–Crippen LogP) is 3.11. The Morgan fingerprint density at radius 2 is 1.74 bits per heavy atom. The van der Waals surface area contributed by atoms with E-state index in [1.807, 2.05) is 11.8 Å². The van der Waals surface area contributed by atoms with Crippen molar-refractivity contribution in [2.75, 3.05) is 39.5 Å². The van der Waals surface area contributed by atoms with Gasteiger partial charge in [0, 0.05) is 43.5 Å². The molecule has 0 aromatic carbocycles. The van der Waals surface area contributed by atoms with Gasteiger partial charge in [0.25, 0.3) is 5.91 Å². The standard InChI is InChI=1S/C26H43N5O3S/c1-19-5-6-21(17-19)7-8-24-20(2)25(28-18-27-24)26(32)31-15-11-23(12-16-31)30-13-9-22(10-14-30)29(3)35(4,33)34/h18-19,21-23H,5-17H2,1-4H3. The van der Waals surface area contributed by atoms with Gasteiger partial charge >= 0.3 is 0 Å². The first-order valence-corrected chi connectivity index (χ1v) is 15.2. The molecule has 0 spiro atoms. The molecule has 196 valence electrons. The minimum Gasteiger partial charge on any atom is -0.337 e. The summed E-state index contributed by atoms with van der Waals surface area (Å²) in [7, 11) is -1.45. The van der Waals surface area contributed by atoms with E-state index in [2.05, 4.69) is 21.8 Å². The summed E-state index contributed by atoms with van der Waals surface area (Å²) < 4.78 is 25.2. The lowest BCUT2D eigenvalue weighted by Crippen LogP contribution is -2.52. The van der Waals surface area contributed by atoms with Crippen molar-refractivity contribution in [1.29, 1.82) is 0 Å². The van der Waals surface area contributed by atoms with Crippen LogP contribution in [0.4, 0.5) is 0 Å². The summed E-state index contributed by atoms with van der Waals surface area (Å²) in [6.45, 7) is 7.66. The Labute approximate surface area is 211 Å². The van der Waals surface area contributed by atoms with Crippen molar-refractivity contribution in [3.8, 4) is 0 Å². The lowest BCUT2D eigenvalue weighted by Gasteiger charge is -2.43. The van der Waals surface area contributed by atoms with Crippen LogP contribution in [-0.2, 0) is 16.4 Å². The SMILES string of the molecule is Cc1c(CCC2CCC(C)C2)ncnc1C(=O)N1CCC(N2CCC(N(C)S(C)(=O)=O)CC2)CC1. The molecule has 3 heterocycles. The van der Waals surface area contributed by atoms with Crippen LogP contribution in [0.25, 0.3) is 0 Å². The van der Waals surface area contributed by atoms with E-state index in [0.29, 0.717) is 11.7 Å². The van der Waals surface area contributed by atoms with Crippen LogP contribution in [0.2, 0.25) is 0 Å². The van der Waals surface area contributed by atoms with Crippen molar-refractivity contribution in [3.05, 3.63) is 23.3 Å². The molecule has 2 unspecified atom stereocenters. The van der Waals surface area contributed by atoms with Crippen molar-refractivity contribution in [2.24, 2.45) is 11.8 Å². The molecule has 8 nitrogen and oxygen atoms in total. The second kappa shape index (κ2) is 11.2. The van der Waals surface area contributed by atoms with Gasteiger partial charge in [0.2, 0.25) is 10.0 Å². The zero-order valence-electron chi connectivity index (χ0n) is 21.9. The number of amides is 1. The Balaban J connectivity index is 1.28. The highest BCUT2D eigenvalue weighted by Gasteiger charge is 2.33. The van der Waals surface area contributed by atoms with Crippen LogP contribution < -0.4 is 0 Å². The van der Waals surface area contributed by atoms with Gasteiger partial charge in [-0.15, -0.1) is 0 Å². The van der Waals surface area contributed by atoms with Crippen LogP contribution in [0.5, 0.6) is 0 Å². The van der Waals surface area contributed by atoms with Crippen molar-refractivity contribution < 1.29 is 13.2 Å². The molecule has 35 heavy (non-hydrogen) atoms. The van der Waals surface area contributed by atoms with Crippen LogP contribution in [0.1, 0.15) is 80.0 Å². The number of rotatable bonds is 7. The topological polar surface area (TPSA) is 86.7 Å². The molecule has 1 aromatic rings. The molecule has 2 aliphatic heterocycles. The second-order valence-corrected chi connectivity index (χ2v) is 13.2. The third-order valence-electron chi connectivity index (χ3n) is 8.79. The van der Waals surface area contributed by atoms with Crippen LogP contribution in [0, 0.1) is 18.8 Å². The quantitative estimate of drug-likeness (QED) is 0.566. The minimum absolute atomic E-state index is 0.0348. The van der Waals surface area contributed by atoms with Gasteiger partial charge in [-0.1, -0.05) is 19.8 Å². The van der Waals surface area contributed by atoms with Gasteiger partial charge < -0.3 is 9.80 Å². The number of nitrogens with zero attached hydrogens (tertiary/aromatic N) is 5. The van der Waals surface area contributed by atoms with Gasteiger partial charge in [0.15, 0.2) is 0 Å². The fourth-order valence-corrected chi connectivity index (χ4v) is 7.10. The highest BCUT2D eigenvalue weighted by Crippen LogP contribution is 2.33. The molecule has 3 fully saturated rings. The molecule has 3 aliphatic rings. The molecule has 0 bridgehead atoms. The zero-order valence-corrected chi connectivity index (χ0v) is 22.8. The third kappa shape index (κ3) is 6.41. The van der Waals surface area contributed by atoms with E-state index in [9.17, 15) is 13.2 Å². The average molecular weight is 506 g/mol. The lowest BCUT2D eigenvalue weighted by molar-refractivity contribution is 0.0542. The summed E-state index contributed by atoms with van der Waals surface area (Å²) in [5, 5.41) is 0. The fourth-order valence-electron chi connectivity index (χ4n) is 6.35. The van der Waals surface area contributed by atoms with Crippen LogP contribution >= 0.6 is 0 Å². The zero-order chi connectivity index (χ0) is 25.2. The molecule has 1 saturated carbocycles. The molecule has 0 N–H and O–H groups in total. The minimum atomic E-state index is -3.14. The molecular weight excluding hydrogens is 462 g/mol. The number of hydrogen-bond donors (Lipinski definition) is 0. The summed E-state index contributed by atoms with van der Waals surface area (Å²) in [5.41, 5.74) is 2.54. The van der Waals surface area contributed by atoms with Gasteiger partial charge in [-0.25, -0.2) is 22.7 Å². The molecular formula is C26H43N5O3S. The molecule has 1 aromatic heterocycles. The van der Waals surface area contributed by atoms with E-state index in [4.69, 9.17) is 0 Å². The number of aryl methyl sites for hydroxylation is 1. The molecule has 9 heteroatoms. The maximum atomic E-state index is 13.3. The summed E-state index contributed by atoms with van der Waals surface area (Å²) in [6, 6.07) is 0.550. The van der Waals surface area contributed by atoms with Gasteiger partial charge in [0.1, 0.15) is 12.0 Å². The van der Waals surface area contributed by atoms with Crippen molar-refractivity contribution in [2.45, 2.75) is 83.7 Å². The number of carbonyl (C=O) groups is 1. The highest BCUT2D eigenvalue weighted by molar-refractivity contribution is 7.88. The van der Waals surface area contributed by atoms with Gasteiger partial charge in [-0.2, -0.15) is 0 Å². The first-order chi connectivity index (χ1) is 16.6. The van der Waals surface area contributed by atoms with E-state index in [-0.39, 0.29) is 11.9 Å². The Bertz CT molecular complexity index is 985. The second-order valence-electron chi connectivity index (χ2n) is 11.2. The predicted molar refractivity (Wildman–Crippen MR) is 138 cm³/mol. The smallest absolute Gasteiger partial charge is 0.272 e. The summed E-state index contributed by atoms with van der Waals surface area (Å²) in [5.74, 6) is 1.66. The molecule has 1 amide bonds. The monoisotopic (exact) mass is 505 g/mol. The van der Waals surface area contributed by atoms with Crippen LogP contribution in [0.3, 0.4) is 0 Å². The number of aromatic nitrogens is 2. The van der Waals surface area contributed by atoms with E-state index < -0.39 is 10.0 Å². The molecule has 4 rings (SSSR count). The Kier molecular flexibility index (Phi) is 8.49.